The lowest BCUT2D eigenvalue weighted by molar-refractivity contribution is 0.0867. The van der Waals surface area contributed by atoms with Crippen molar-refractivity contribution in [2.24, 2.45) is 0 Å². The van der Waals surface area contributed by atoms with E-state index in [0.717, 1.165) is 31.2 Å². The van der Waals surface area contributed by atoms with Crippen molar-refractivity contribution < 1.29 is 14.6 Å². The summed E-state index contributed by atoms with van der Waals surface area (Å²) in [4.78, 5) is 16.4. The second-order valence-electron chi connectivity index (χ2n) is 6.16. The van der Waals surface area contributed by atoms with Crippen molar-refractivity contribution in [2.45, 2.75) is 44.4 Å². The topological polar surface area (TPSA) is 71.5 Å². The molecule has 1 fully saturated rings. The number of aromatic nitrogens is 1. The van der Waals surface area contributed by atoms with Crippen molar-refractivity contribution >= 4 is 5.91 Å². The molecule has 3 rings (SSSR count). The van der Waals surface area contributed by atoms with Crippen molar-refractivity contribution in [2.75, 3.05) is 0 Å². The molecule has 1 aliphatic rings. The molecule has 5 heteroatoms. The number of aliphatic hydroxyl groups is 1. The number of nitrogens with zero attached hydrogens (tertiary/aromatic N) is 1. The van der Waals surface area contributed by atoms with Crippen LogP contribution in [0.1, 0.15) is 41.6 Å². The van der Waals surface area contributed by atoms with Crippen LogP contribution in [-0.2, 0) is 6.61 Å². The average molecular weight is 326 g/mol. The van der Waals surface area contributed by atoms with E-state index in [0.29, 0.717) is 17.9 Å². The lowest BCUT2D eigenvalue weighted by atomic mass is 9.93. The molecule has 2 N–H and O–H groups in total. The quantitative estimate of drug-likeness (QED) is 0.886. The highest BCUT2D eigenvalue weighted by Crippen LogP contribution is 2.20. The van der Waals surface area contributed by atoms with Gasteiger partial charge in [0.25, 0.3) is 5.91 Å². The minimum Gasteiger partial charge on any atom is -0.489 e. The second kappa shape index (κ2) is 7.93. The fraction of sp³-hybridized carbons (Fsp3) is 0.368. The van der Waals surface area contributed by atoms with E-state index < -0.39 is 0 Å². The third-order valence-electron chi connectivity index (χ3n) is 4.26. The smallest absolute Gasteiger partial charge is 0.251 e. The Balaban J connectivity index is 1.57. The fourth-order valence-electron chi connectivity index (χ4n) is 2.87. The van der Waals surface area contributed by atoms with Gasteiger partial charge in [-0.1, -0.05) is 12.1 Å². The number of benzene rings is 1. The van der Waals surface area contributed by atoms with Crippen LogP contribution in [0.25, 0.3) is 0 Å². The summed E-state index contributed by atoms with van der Waals surface area (Å²) in [6, 6.07) is 11.1. The zero-order chi connectivity index (χ0) is 16.8. The van der Waals surface area contributed by atoms with E-state index in [1.807, 2.05) is 24.3 Å². The molecule has 0 unspecified atom stereocenters. The number of hydrogen-bond acceptors (Lipinski definition) is 4. The predicted octanol–water partition coefficient (Wildman–Crippen LogP) is 2.69. The van der Waals surface area contributed by atoms with Gasteiger partial charge in [0.05, 0.1) is 6.10 Å². The van der Waals surface area contributed by atoms with Crippen molar-refractivity contribution in [3.05, 3.63) is 59.9 Å². The SMILES string of the molecule is O=C(NC1CCC(O)CC1)c1cccc(OCc2cccnc2)c1. The van der Waals surface area contributed by atoms with Gasteiger partial charge >= 0.3 is 0 Å². The number of nitrogens with one attached hydrogen (secondary N) is 1. The maximum Gasteiger partial charge on any atom is 0.251 e. The van der Waals surface area contributed by atoms with Gasteiger partial charge in [-0.15, -0.1) is 0 Å². The molecule has 1 heterocycles. The van der Waals surface area contributed by atoms with Crippen LogP contribution in [0.2, 0.25) is 0 Å². The summed E-state index contributed by atoms with van der Waals surface area (Å²) in [5, 5.41) is 12.6. The van der Waals surface area contributed by atoms with Gasteiger partial charge in [-0.3, -0.25) is 9.78 Å². The number of carbonyl (C=O) groups excluding carboxylic acids is 1. The van der Waals surface area contributed by atoms with E-state index in [-0.39, 0.29) is 18.1 Å². The van der Waals surface area contributed by atoms with E-state index in [2.05, 4.69) is 10.3 Å². The Morgan fingerprint density at radius 1 is 1.21 bits per heavy atom. The molecule has 0 radical (unpaired) electrons. The van der Waals surface area contributed by atoms with Gasteiger partial charge in [0.15, 0.2) is 0 Å². The molecule has 1 aromatic carbocycles. The predicted molar refractivity (Wildman–Crippen MR) is 90.7 cm³/mol. The molecule has 24 heavy (non-hydrogen) atoms. The third kappa shape index (κ3) is 4.55. The largest absolute Gasteiger partial charge is 0.489 e. The lowest BCUT2D eigenvalue weighted by Crippen LogP contribution is -2.38. The van der Waals surface area contributed by atoms with E-state index >= 15 is 0 Å². The highest BCUT2D eigenvalue weighted by molar-refractivity contribution is 5.94. The average Bonchev–Trinajstić information content (AvgIpc) is 2.63. The monoisotopic (exact) mass is 326 g/mol. The molecular formula is C19H22N2O3. The molecule has 0 bridgehead atoms. The van der Waals surface area contributed by atoms with Gasteiger partial charge in [-0.25, -0.2) is 0 Å². The van der Waals surface area contributed by atoms with Crippen molar-refractivity contribution in [1.29, 1.82) is 0 Å². The Morgan fingerprint density at radius 3 is 2.79 bits per heavy atom. The summed E-state index contributed by atoms with van der Waals surface area (Å²) < 4.78 is 5.73. The van der Waals surface area contributed by atoms with Gasteiger partial charge in [-0.05, 0) is 49.9 Å². The van der Waals surface area contributed by atoms with Crippen LogP contribution in [0.4, 0.5) is 0 Å². The number of carbonyl (C=O) groups is 1. The van der Waals surface area contributed by atoms with Crippen molar-refractivity contribution in [3.63, 3.8) is 0 Å². The summed E-state index contributed by atoms with van der Waals surface area (Å²) in [5.41, 5.74) is 1.57. The fourth-order valence-corrected chi connectivity index (χ4v) is 2.87. The van der Waals surface area contributed by atoms with Crippen LogP contribution in [-0.4, -0.2) is 28.1 Å². The first-order valence-electron chi connectivity index (χ1n) is 8.31. The normalized spacial score (nSPS) is 20.4. The first-order valence-corrected chi connectivity index (χ1v) is 8.31. The number of hydrogen-bond donors (Lipinski definition) is 2. The number of ether oxygens (including phenoxy) is 1. The Bertz CT molecular complexity index is 667. The Labute approximate surface area is 141 Å². The van der Waals surface area contributed by atoms with Crippen LogP contribution < -0.4 is 10.1 Å². The molecule has 5 nitrogen and oxygen atoms in total. The van der Waals surface area contributed by atoms with Gasteiger partial charge in [0, 0.05) is 29.6 Å². The molecule has 0 aliphatic heterocycles. The molecule has 1 amide bonds. The highest BCUT2D eigenvalue weighted by Gasteiger charge is 2.21. The maximum atomic E-state index is 12.4. The molecule has 0 saturated heterocycles. The van der Waals surface area contributed by atoms with Crippen LogP contribution in [0.5, 0.6) is 5.75 Å². The Hall–Kier alpha value is -2.40. The van der Waals surface area contributed by atoms with E-state index in [4.69, 9.17) is 4.74 Å². The van der Waals surface area contributed by atoms with Crippen molar-refractivity contribution in [1.82, 2.24) is 10.3 Å². The van der Waals surface area contributed by atoms with Gasteiger partial charge in [0.2, 0.25) is 0 Å². The van der Waals surface area contributed by atoms with E-state index in [9.17, 15) is 9.90 Å². The molecular weight excluding hydrogens is 304 g/mol. The van der Waals surface area contributed by atoms with Crippen LogP contribution in [0.15, 0.2) is 48.8 Å². The highest BCUT2D eigenvalue weighted by atomic mass is 16.5. The summed E-state index contributed by atoms with van der Waals surface area (Å²) in [7, 11) is 0. The molecule has 0 spiro atoms. The number of pyridine rings is 1. The lowest BCUT2D eigenvalue weighted by Gasteiger charge is -2.26. The van der Waals surface area contributed by atoms with E-state index in [1.165, 1.54) is 0 Å². The summed E-state index contributed by atoms with van der Waals surface area (Å²) in [6.07, 6.45) is 6.40. The number of aliphatic hydroxyl groups excluding tert-OH is 1. The summed E-state index contributed by atoms with van der Waals surface area (Å²) in [5.74, 6) is 0.564. The maximum absolute atomic E-state index is 12.4. The molecule has 0 atom stereocenters. The van der Waals surface area contributed by atoms with E-state index in [1.54, 1.807) is 24.5 Å². The third-order valence-corrected chi connectivity index (χ3v) is 4.26. The summed E-state index contributed by atoms with van der Waals surface area (Å²) >= 11 is 0. The molecule has 1 aromatic heterocycles. The second-order valence-corrected chi connectivity index (χ2v) is 6.16. The van der Waals surface area contributed by atoms with Crippen LogP contribution in [0, 0.1) is 0 Å². The van der Waals surface area contributed by atoms with Crippen LogP contribution in [0.3, 0.4) is 0 Å². The minimum absolute atomic E-state index is 0.0942. The molecule has 1 aliphatic carbocycles. The van der Waals surface area contributed by atoms with Crippen LogP contribution >= 0.6 is 0 Å². The van der Waals surface area contributed by atoms with Gasteiger partial charge < -0.3 is 15.2 Å². The Kier molecular flexibility index (Phi) is 5.43. The van der Waals surface area contributed by atoms with Crippen molar-refractivity contribution in [3.8, 4) is 5.75 Å². The first kappa shape index (κ1) is 16.5. The summed E-state index contributed by atoms with van der Waals surface area (Å²) in [6.45, 7) is 0.416. The van der Waals surface area contributed by atoms with Gasteiger partial charge in [0.1, 0.15) is 12.4 Å². The van der Waals surface area contributed by atoms with Gasteiger partial charge in [-0.2, -0.15) is 0 Å². The molecule has 126 valence electrons. The zero-order valence-electron chi connectivity index (χ0n) is 13.5. The first-order chi connectivity index (χ1) is 11.7. The molecule has 2 aromatic rings. The number of amides is 1. The zero-order valence-corrected chi connectivity index (χ0v) is 13.5. The minimum atomic E-state index is -0.220. The molecule has 1 saturated carbocycles. The standard InChI is InChI=1S/C19H22N2O3/c22-17-8-6-16(7-9-17)21-19(23)15-4-1-5-18(11-15)24-13-14-3-2-10-20-12-14/h1-5,10-12,16-17,22H,6-9,13H2,(H,21,23). The Morgan fingerprint density at radius 2 is 2.04 bits per heavy atom. The number of rotatable bonds is 5.